The first-order valence-electron chi connectivity index (χ1n) is 7.62. The van der Waals surface area contributed by atoms with Crippen molar-refractivity contribution in [3.05, 3.63) is 29.8 Å². The molecule has 0 atom stereocenters. The zero-order valence-electron chi connectivity index (χ0n) is 12.8. The summed E-state index contributed by atoms with van der Waals surface area (Å²) >= 11 is 0. The number of sulfonamides is 1. The Balaban J connectivity index is 2.02. The molecule has 0 bridgehead atoms. The van der Waals surface area contributed by atoms with Gasteiger partial charge in [-0.05, 0) is 44.1 Å². The van der Waals surface area contributed by atoms with Crippen molar-refractivity contribution in [2.75, 3.05) is 30.5 Å². The van der Waals surface area contributed by atoms with Crippen LogP contribution in [0.4, 0.5) is 18.9 Å². The number of halogens is 3. The molecule has 0 radical (unpaired) electrons. The van der Waals surface area contributed by atoms with E-state index in [1.807, 2.05) is 6.92 Å². The third-order valence-corrected chi connectivity index (χ3v) is 6.52. The quantitative estimate of drug-likeness (QED) is 0.825. The molecule has 1 fully saturated rings. The molecule has 0 saturated carbocycles. The van der Waals surface area contributed by atoms with Gasteiger partial charge in [-0.3, -0.25) is 4.31 Å². The molecule has 4 nitrogen and oxygen atoms in total. The summed E-state index contributed by atoms with van der Waals surface area (Å²) in [7, 11) is -5.36. The summed E-state index contributed by atoms with van der Waals surface area (Å²) in [5, 5.41) is 0. The highest BCUT2D eigenvalue weighted by molar-refractivity contribution is 7.93. The van der Waals surface area contributed by atoms with Crippen LogP contribution in [-0.4, -0.2) is 45.0 Å². The summed E-state index contributed by atoms with van der Waals surface area (Å²) in [6.07, 6.45) is 1.34. The summed E-state index contributed by atoms with van der Waals surface area (Å²) in [5.41, 5.74) is -4.89. The SMILES string of the molecule is CCN1CCC2(CC1)CN(S(=O)(=O)C(F)(F)F)c1ccccc12. The number of piperidine rings is 1. The molecule has 0 aliphatic carbocycles. The minimum Gasteiger partial charge on any atom is -0.304 e. The second-order valence-corrected chi connectivity index (χ2v) is 8.04. The first-order valence-corrected chi connectivity index (χ1v) is 9.06. The van der Waals surface area contributed by atoms with E-state index in [2.05, 4.69) is 4.90 Å². The maximum Gasteiger partial charge on any atom is 0.516 e. The summed E-state index contributed by atoms with van der Waals surface area (Å²) in [6, 6.07) is 6.58. The van der Waals surface area contributed by atoms with Crippen molar-refractivity contribution >= 4 is 15.7 Å². The predicted molar refractivity (Wildman–Crippen MR) is 81.8 cm³/mol. The van der Waals surface area contributed by atoms with E-state index < -0.39 is 20.9 Å². The molecule has 0 amide bonds. The highest BCUT2D eigenvalue weighted by Crippen LogP contribution is 2.49. The van der Waals surface area contributed by atoms with Gasteiger partial charge in [0, 0.05) is 12.0 Å². The van der Waals surface area contributed by atoms with Crippen molar-refractivity contribution in [2.45, 2.75) is 30.7 Å². The molecular weight excluding hydrogens is 329 g/mol. The number of alkyl halides is 3. The average Bonchev–Trinajstić information content (AvgIpc) is 2.83. The predicted octanol–water partition coefficient (Wildman–Crippen LogP) is 2.71. The minimum absolute atomic E-state index is 0.119. The summed E-state index contributed by atoms with van der Waals surface area (Å²) < 4.78 is 63.5. The van der Waals surface area contributed by atoms with E-state index in [-0.39, 0.29) is 12.2 Å². The lowest BCUT2D eigenvalue weighted by molar-refractivity contribution is -0.0438. The third kappa shape index (κ3) is 2.52. The van der Waals surface area contributed by atoms with Crippen molar-refractivity contribution < 1.29 is 21.6 Å². The smallest absolute Gasteiger partial charge is 0.304 e. The van der Waals surface area contributed by atoms with Crippen LogP contribution in [0.3, 0.4) is 0 Å². The number of rotatable bonds is 2. The van der Waals surface area contributed by atoms with Crippen molar-refractivity contribution in [2.24, 2.45) is 0 Å². The Morgan fingerprint density at radius 2 is 1.78 bits per heavy atom. The molecule has 0 aromatic heterocycles. The van der Waals surface area contributed by atoms with E-state index in [4.69, 9.17) is 0 Å². The van der Waals surface area contributed by atoms with E-state index in [0.29, 0.717) is 17.1 Å². The average molecular weight is 348 g/mol. The van der Waals surface area contributed by atoms with Gasteiger partial charge in [0.2, 0.25) is 0 Å². The van der Waals surface area contributed by atoms with Gasteiger partial charge in [-0.2, -0.15) is 21.6 Å². The van der Waals surface area contributed by atoms with E-state index in [0.717, 1.165) is 25.2 Å². The Morgan fingerprint density at radius 1 is 1.17 bits per heavy atom. The monoisotopic (exact) mass is 348 g/mol. The van der Waals surface area contributed by atoms with Crippen molar-refractivity contribution in [1.29, 1.82) is 0 Å². The van der Waals surface area contributed by atoms with Gasteiger partial charge in [0.15, 0.2) is 0 Å². The van der Waals surface area contributed by atoms with Crippen molar-refractivity contribution in [3.63, 3.8) is 0 Å². The van der Waals surface area contributed by atoms with Gasteiger partial charge in [-0.1, -0.05) is 25.1 Å². The molecule has 23 heavy (non-hydrogen) atoms. The van der Waals surface area contributed by atoms with Crippen molar-refractivity contribution in [3.8, 4) is 0 Å². The Labute approximate surface area is 133 Å². The number of benzene rings is 1. The van der Waals surface area contributed by atoms with E-state index in [9.17, 15) is 21.6 Å². The Kier molecular flexibility index (Phi) is 3.87. The number of nitrogens with zero attached hydrogens (tertiary/aromatic N) is 2. The zero-order valence-corrected chi connectivity index (χ0v) is 13.6. The van der Waals surface area contributed by atoms with Gasteiger partial charge >= 0.3 is 15.5 Å². The van der Waals surface area contributed by atoms with Crippen LogP contribution in [0.15, 0.2) is 24.3 Å². The van der Waals surface area contributed by atoms with Gasteiger partial charge in [0.05, 0.1) is 5.69 Å². The highest BCUT2D eigenvalue weighted by Gasteiger charge is 2.56. The Morgan fingerprint density at radius 3 is 2.35 bits per heavy atom. The number of fused-ring (bicyclic) bond motifs is 2. The Bertz CT molecular complexity index is 695. The molecular formula is C15H19F3N2O2S. The molecule has 8 heteroatoms. The molecule has 128 valence electrons. The van der Waals surface area contributed by atoms with E-state index in [1.54, 1.807) is 18.2 Å². The zero-order chi connectivity index (χ0) is 16.9. The second kappa shape index (κ2) is 5.37. The normalized spacial score (nSPS) is 21.7. The van der Waals surface area contributed by atoms with Gasteiger partial charge in [-0.15, -0.1) is 0 Å². The van der Waals surface area contributed by atoms with Crippen LogP contribution in [0.2, 0.25) is 0 Å². The molecule has 2 heterocycles. The lowest BCUT2D eigenvalue weighted by atomic mass is 9.74. The van der Waals surface area contributed by atoms with E-state index >= 15 is 0 Å². The summed E-state index contributed by atoms with van der Waals surface area (Å²) in [4.78, 5) is 2.23. The maximum atomic E-state index is 13.0. The molecule has 1 spiro atoms. The summed E-state index contributed by atoms with van der Waals surface area (Å²) in [6.45, 7) is 4.35. The first kappa shape index (κ1) is 16.6. The number of hydrogen-bond donors (Lipinski definition) is 0. The van der Waals surface area contributed by atoms with Gasteiger partial charge in [0.1, 0.15) is 0 Å². The van der Waals surface area contributed by atoms with Gasteiger partial charge in [-0.25, -0.2) is 0 Å². The largest absolute Gasteiger partial charge is 0.516 e. The standard InChI is InChI=1S/C15H19F3N2O2S/c1-2-19-9-7-14(8-10-19)11-20(23(21,22)15(16,17)18)13-6-4-3-5-12(13)14/h3-6H,2,7-11H2,1H3. The van der Waals surface area contributed by atoms with Gasteiger partial charge < -0.3 is 4.90 Å². The molecule has 1 aromatic rings. The van der Waals surface area contributed by atoms with Crippen molar-refractivity contribution in [1.82, 2.24) is 4.90 Å². The van der Waals surface area contributed by atoms with Crippen LogP contribution in [-0.2, 0) is 15.4 Å². The van der Waals surface area contributed by atoms with Crippen LogP contribution in [0, 0.1) is 0 Å². The number of likely N-dealkylation sites (tertiary alicyclic amines) is 1. The molecule has 1 aromatic carbocycles. The minimum atomic E-state index is -5.36. The number of anilines is 1. The molecule has 2 aliphatic rings. The van der Waals surface area contributed by atoms with Crippen LogP contribution in [0.5, 0.6) is 0 Å². The molecule has 0 N–H and O–H groups in total. The third-order valence-electron chi connectivity index (χ3n) is 5.03. The van der Waals surface area contributed by atoms with Crippen LogP contribution >= 0.6 is 0 Å². The topological polar surface area (TPSA) is 40.6 Å². The van der Waals surface area contributed by atoms with E-state index in [1.165, 1.54) is 6.07 Å². The molecule has 3 rings (SSSR count). The van der Waals surface area contributed by atoms with Gasteiger partial charge in [0.25, 0.3) is 0 Å². The molecule has 2 aliphatic heterocycles. The molecule has 0 unspecified atom stereocenters. The maximum absolute atomic E-state index is 13.0. The fourth-order valence-electron chi connectivity index (χ4n) is 3.65. The van der Waals surface area contributed by atoms with Crippen LogP contribution in [0.1, 0.15) is 25.3 Å². The Hall–Kier alpha value is -1.28. The highest BCUT2D eigenvalue weighted by atomic mass is 32.2. The summed E-state index contributed by atoms with van der Waals surface area (Å²) in [5.74, 6) is 0. The lowest BCUT2D eigenvalue weighted by Gasteiger charge is -2.39. The second-order valence-electron chi connectivity index (χ2n) is 6.19. The first-order chi connectivity index (χ1) is 10.7. The fourth-order valence-corrected chi connectivity index (χ4v) is 4.73. The molecule has 1 saturated heterocycles. The van der Waals surface area contributed by atoms with Crippen LogP contribution in [0.25, 0.3) is 0 Å². The lowest BCUT2D eigenvalue weighted by Crippen LogP contribution is -2.47. The number of para-hydroxylation sites is 1. The van der Waals surface area contributed by atoms with Crippen LogP contribution < -0.4 is 4.31 Å². The fraction of sp³-hybridized carbons (Fsp3) is 0.600. The number of hydrogen-bond acceptors (Lipinski definition) is 3.